The lowest BCUT2D eigenvalue weighted by Gasteiger charge is -2.17. The molecule has 2 heterocycles. The van der Waals surface area contributed by atoms with E-state index in [1.165, 1.54) is 0 Å². The van der Waals surface area contributed by atoms with E-state index < -0.39 is 5.25 Å². The molecule has 3 rings (SSSR count). The Kier molecular flexibility index (Phi) is 6.58. The van der Waals surface area contributed by atoms with Gasteiger partial charge in [0.15, 0.2) is 5.82 Å². The van der Waals surface area contributed by atoms with E-state index >= 15 is 0 Å². The van der Waals surface area contributed by atoms with Gasteiger partial charge in [0.25, 0.3) is 0 Å². The van der Waals surface area contributed by atoms with Crippen LogP contribution in [0.3, 0.4) is 0 Å². The number of anilines is 2. The van der Waals surface area contributed by atoms with Crippen LogP contribution in [0.15, 0.2) is 39.9 Å². The van der Waals surface area contributed by atoms with E-state index in [4.69, 9.17) is 10.3 Å². The van der Waals surface area contributed by atoms with Gasteiger partial charge >= 0.3 is 0 Å². The fourth-order valence-corrected chi connectivity index (χ4v) is 4.00. The van der Waals surface area contributed by atoms with E-state index in [9.17, 15) is 15.3 Å². The molecule has 0 aliphatic rings. The SMILES string of the molecule is CCC(Sc1nc(N)c(C#N)c(-c2ccc(C)cc2)c1C#N)C(=O)Nc1cc(C)on1. The number of nitrogens with zero attached hydrogens (tertiary/aromatic N) is 4. The number of aryl methyl sites for hydroxylation is 2. The molecule has 156 valence electrons. The normalized spacial score (nSPS) is 11.4. The second-order valence-electron chi connectivity index (χ2n) is 6.84. The minimum atomic E-state index is -0.560. The number of thioether (sulfide) groups is 1. The maximum atomic E-state index is 12.7. The second-order valence-corrected chi connectivity index (χ2v) is 8.04. The van der Waals surface area contributed by atoms with Gasteiger partial charge in [-0.15, -0.1) is 0 Å². The number of pyridine rings is 1. The molecule has 0 saturated carbocycles. The number of hydrogen-bond acceptors (Lipinski definition) is 8. The van der Waals surface area contributed by atoms with E-state index in [1.54, 1.807) is 13.0 Å². The van der Waals surface area contributed by atoms with E-state index in [0.29, 0.717) is 34.2 Å². The van der Waals surface area contributed by atoms with Gasteiger partial charge in [0, 0.05) is 11.6 Å². The average molecular weight is 433 g/mol. The number of benzene rings is 1. The van der Waals surface area contributed by atoms with E-state index in [0.717, 1.165) is 17.3 Å². The number of rotatable bonds is 6. The van der Waals surface area contributed by atoms with Crippen molar-refractivity contribution >= 4 is 29.3 Å². The molecule has 1 unspecified atom stereocenters. The summed E-state index contributed by atoms with van der Waals surface area (Å²) < 4.78 is 4.97. The standard InChI is InChI=1S/C22H20N6O2S/c1-4-17(21(29)26-18-9-13(3)30-28-18)31-22-16(11-24)19(15(10-23)20(25)27-22)14-7-5-12(2)6-8-14/h5-9,17H,4H2,1-3H3,(H2,25,27)(H,26,28,29). The molecule has 2 aromatic heterocycles. The summed E-state index contributed by atoms with van der Waals surface area (Å²) in [6.45, 7) is 5.53. The number of nitrogens with one attached hydrogen (secondary N) is 1. The average Bonchev–Trinajstić information content (AvgIpc) is 3.16. The van der Waals surface area contributed by atoms with Gasteiger partial charge in [-0.1, -0.05) is 53.7 Å². The largest absolute Gasteiger partial charge is 0.383 e. The van der Waals surface area contributed by atoms with Gasteiger partial charge in [0.1, 0.15) is 34.3 Å². The van der Waals surface area contributed by atoms with Crippen molar-refractivity contribution in [2.75, 3.05) is 11.1 Å². The Morgan fingerprint density at radius 3 is 2.45 bits per heavy atom. The van der Waals surface area contributed by atoms with Crippen LogP contribution in [-0.2, 0) is 4.79 Å². The van der Waals surface area contributed by atoms with Gasteiger partial charge in [-0.2, -0.15) is 10.5 Å². The number of amides is 1. The van der Waals surface area contributed by atoms with Gasteiger partial charge in [0.2, 0.25) is 5.91 Å². The first kappa shape index (κ1) is 21.9. The first-order chi connectivity index (χ1) is 14.9. The van der Waals surface area contributed by atoms with Gasteiger partial charge in [-0.25, -0.2) is 4.98 Å². The van der Waals surface area contributed by atoms with E-state index in [2.05, 4.69) is 27.6 Å². The van der Waals surface area contributed by atoms with Crippen molar-refractivity contribution in [3.63, 3.8) is 0 Å². The molecule has 0 fully saturated rings. The first-order valence-corrected chi connectivity index (χ1v) is 10.4. The van der Waals surface area contributed by atoms with Crippen LogP contribution < -0.4 is 11.1 Å². The minimum Gasteiger partial charge on any atom is -0.383 e. The van der Waals surface area contributed by atoms with Crippen molar-refractivity contribution in [3.8, 4) is 23.3 Å². The molecule has 0 aliphatic carbocycles. The molecule has 9 heteroatoms. The molecule has 8 nitrogen and oxygen atoms in total. The predicted molar refractivity (Wildman–Crippen MR) is 118 cm³/mol. The topological polar surface area (TPSA) is 142 Å². The van der Waals surface area contributed by atoms with Crippen LogP contribution >= 0.6 is 11.8 Å². The zero-order chi connectivity index (χ0) is 22.5. The molecule has 3 aromatic rings. The molecule has 1 amide bonds. The fraction of sp³-hybridized carbons (Fsp3) is 0.227. The lowest BCUT2D eigenvalue weighted by Crippen LogP contribution is -2.25. The molecule has 3 N–H and O–H groups in total. The van der Waals surface area contributed by atoms with Crippen LogP contribution in [0, 0.1) is 36.5 Å². The Morgan fingerprint density at radius 1 is 1.23 bits per heavy atom. The fourth-order valence-electron chi connectivity index (χ4n) is 2.98. The summed E-state index contributed by atoms with van der Waals surface area (Å²) in [6.07, 6.45) is 0.472. The van der Waals surface area contributed by atoms with Crippen LogP contribution in [-0.4, -0.2) is 21.3 Å². The lowest BCUT2D eigenvalue weighted by atomic mass is 9.96. The minimum absolute atomic E-state index is 0.0157. The summed E-state index contributed by atoms with van der Waals surface area (Å²) in [5.74, 6) is 0.606. The molecule has 0 spiro atoms. The van der Waals surface area contributed by atoms with Crippen LogP contribution in [0.25, 0.3) is 11.1 Å². The highest BCUT2D eigenvalue weighted by Crippen LogP contribution is 2.37. The number of nitriles is 2. The molecule has 1 aromatic carbocycles. The third kappa shape index (κ3) is 4.68. The molecule has 31 heavy (non-hydrogen) atoms. The summed E-state index contributed by atoms with van der Waals surface area (Å²) in [5.41, 5.74) is 8.56. The molecular formula is C22H20N6O2S. The van der Waals surface area contributed by atoms with Crippen LogP contribution in [0.5, 0.6) is 0 Å². The molecular weight excluding hydrogens is 412 g/mol. The summed E-state index contributed by atoms with van der Waals surface area (Å²) in [5, 5.41) is 25.8. The zero-order valence-electron chi connectivity index (χ0n) is 17.3. The number of hydrogen-bond donors (Lipinski definition) is 2. The third-order valence-corrected chi connectivity index (χ3v) is 5.90. The Balaban J connectivity index is 2.02. The highest BCUT2D eigenvalue weighted by molar-refractivity contribution is 8.00. The second kappa shape index (κ2) is 9.33. The van der Waals surface area contributed by atoms with Gasteiger partial charge in [0.05, 0.1) is 10.8 Å². The number of nitrogen functional groups attached to an aromatic ring is 1. The highest BCUT2D eigenvalue weighted by atomic mass is 32.2. The molecule has 1 atom stereocenters. The summed E-state index contributed by atoms with van der Waals surface area (Å²) >= 11 is 1.13. The number of carbonyl (C=O) groups is 1. The quantitative estimate of drug-likeness (QED) is 0.552. The Hall–Kier alpha value is -3.82. The molecule has 0 bridgehead atoms. The number of aromatic nitrogens is 2. The lowest BCUT2D eigenvalue weighted by molar-refractivity contribution is -0.115. The van der Waals surface area contributed by atoms with E-state index in [-0.39, 0.29) is 22.9 Å². The number of nitrogens with two attached hydrogens (primary N) is 1. The monoisotopic (exact) mass is 432 g/mol. The molecule has 0 radical (unpaired) electrons. The van der Waals surface area contributed by atoms with Crippen molar-refractivity contribution in [2.24, 2.45) is 0 Å². The molecule has 0 aliphatic heterocycles. The van der Waals surface area contributed by atoms with Crippen LogP contribution in [0.1, 0.15) is 35.8 Å². The summed E-state index contributed by atoms with van der Waals surface area (Å²) in [4.78, 5) is 17.0. The first-order valence-electron chi connectivity index (χ1n) is 9.49. The molecule has 0 saturated heterocycles. The Morgan fingerprint density at radius 2 is 1.90 bits per heavy atom. The van der Waals surface area contributed by atoms with E-state index in [1.807, 2.05) is 38.1 Å². The maximum Gasteiger partial charge on any atom is 0.239 e. The smallest absolute Gasteiger partial charge is 0.239 e. The maximum absolute atomic E-state index is 12.7. The Labute approximate surface area is 184 Å². The van der Waals surface area contributed by atoms with Gasteiger partial charge in [-0.3, -0.25) is 4.79 Å². The summed E-state index contributed by atoms with van der Waals surface area (Å²) in [7, 11) is 0. The van der Waals surface area contributed by atoms with Crippen molar-refractivity contribution in [2.45, 2.75) is 37.5 Å². The third-order valence-electron chi connectivity index (χ3n) is 4.55. The predicted octanol–water partition coefficient (Wildman–Crippen LogP) is 4.19. The highest BCUT2D eigenvalue weighted by Gasteiger charge is 2.26. The summed E-state index contributed by atoms with van der Waals surface area (Å²) in [6, 6.07) is 13.3. The van der Waals surface area contributed by atoms with Gasteiger partial charge in [-0.05, 0) is 25.8 Å². The van der Waals surface area contributed by atoms with Crippen molar-refractivity contribution in [3.05, 3.63) is 52.8 Å². The number of carbonyl (C=O) groups excluding carboxylic acids is 1. The zero-order valence-corrected chi connectivity index (χ0v) is 18.1. The van der Waals surface area contributed by atoms with Gasteiger partial charge < -0.3 is 15.6 Å². The van der Waals surface area contributed by atoms with Crippen LogP contribution in [0.2, 0.25) is 0 Å². The van der Waals surface area contributed by atoms with Crippen molar-refractivity contribution in [1.29, 1.82) is 10.5 Å². The van der Waals surface area contributed by atoms with Crippen molar-refractivity contribution in [1.82, 2.24) is 10.1 Å². The Bertz CT molecular complexity index is 1200. The van der Waals surface area contributed by atoms with Crippen LogP contribution in [0.4, 0.5) is 11.6 Å². The van der Waals surface area contributed by atoms with Crippen molar-refractivity contribution < 1.29 is 9.32 Å².